The van der Waals surface area contributed by atoms with Crippen LogP contribution in [0.2, 0.25) is 0 Å². The fourth-order valence-corrected chi connectivity index (χ4v) is 6.84. The third-order valence-corrected chi connectivity index (χ3v) is 9.06. The molecule has 4 heterocycles. The van der Waals surface area contributed by atoms with Crippen LogP contribution in [0.3, 0.4) is 0 Å². The van der Waals surface area contributed by atoms with Gasteiger partial charge in [-0.15, -0.1) is 0 Å². The maximum Gasteiger partial charge on any atom is 0.145 e. The van der Waals surface area contributed by atoms with Crippen molar-refractivity contribution in [3.8, 4) is 28.2 Å². The van der Waals surface area contributed by atoms with Crippen LogP contribution in [0.4, 0.5) is 5.69 Å². The molecule has 0 unspecified atom stereocenters. The number of fused-ring (bicyclic) bond motifs is 5. The molecule has 5 aromatic carbocycles. The Balaban J connectivity index is 1.20. The first-order chi connectivity index (χ1) is 22.1. The number of imidazole rings is 1. The molecule has 0 bridgehead atoms. The molecule has 1 aliphatic rings. The molecule has 0 fully saturated rings. The number of anilines is 1. The van der Waals surface area contributed by atoms with Gasteiger partial charge in [0, 0.05) is 60.4 Å². The molecule has 0 amide bonds. The largest absolute Gasteiger partial charge is 0.361 e. The van der Waals surface area contributed by atoms with Crippen LogP contribution < -0.4 is 4.90 Å². The van der Waals surface area contributed by atoms with E-state index in [1.54, 1.807) is 0 Å². The lowest BCUT2D eigenvalue weighted by molar-refractivity contribution is 0.496. The van der Waals surface area contributed by atoms with E-state index in [2.05, 4.69) is 155 Å². The van der Waals surface area contributed by atoms with E-state index in [0.717, 1.165) is 57.0 Å². The molecule has 216 valence electrons. The molecule has 3 aromatic heterocycles. The lowest BCUT2D eigenvalue weighted by atomic mass is 9.98. The highest BCUT2D eigenvalue weighted by molar-refractivity contribution is 6.09. The zero-order chi connectivity index (χ0) is 30.1. The Bertz CT molecular complexity index is 2460. The number of benzene rings is 5. The molecular formula is C39H30N6. The Kier molecular flexibility index (Phi) is 5.59. The van der Waals surface area contributed by atoms with Crippen molar-refractivity contribution in [3.05, 3.63) is 134 Å². The summed E-state index contributed by atoms with van der Waals surface area (Å²) in [4.78, 5) is 14.4. The SMILES string of the molecule is CN1C=CN(c2cccc(-n3c4cc(-c5nc6ccc(-c7cccc8ccccc78)cc6n5C)ccc4c4cccnc43)c2)C1. The molecule has 0 N–H and O–H groups in total. The molecule has 6 heteroatoms. The molecule has 0 atom stereocenters. The number of aryl methyl sites for hydroxylation is 1. The van der Waals surface area contributed by atoms with E-state index in [1.165, 1.54) is 27.3 Å². The fraction of sp³-hybridized carbons (Fsp3) is 0.0769. The maximum atomic E-state index is 5.14. The first-order valence-electron chi connectivity index (χ1n) is 15.2. The third-order valence-electron chi connectivity index (χ3n) is 9.06. The Morgan fingerprint density at radius 1 is 0.622 bits per heavy atom. The zero-order valence-corrected chi connectivity index (χ0v) is 25.1. The van der Waals surface area contributed by atoms with E-state index < -0.39 is 0 Å². The van der Waals surface area contributed by atoms with Gasteiger partial charge in [-0.3, -0.25) is 4.57 Å². The lowest BCUT2D eigenvalue weighted by Gasteiger charge is -2.19. The van der Waals surface area contributed by atoms with E-state index in [9.17, 15) is 0 Å². The summed E-state index contributed by atoms with van der Waals surface area (Å²) in [5.41, 5.74) is 9.85. The monoisotopic (exact) mass is 582 g/mol. The van der Waals surface area contributed by atoms with Crippen molar-refractivity contribution < 1.29 is 0 Å². The van der Waals surface area contributed by atoms with Crippen LogP contribution in [-0.2, 0) is 7.05 Å². The predicted molar refractivity (Wildman–Crippen MR) is 185 cm³/mol. The van der Waals surface area contributed by atoms with Crippen molar-refractivity contribution in [3.63, 3.8) is 0 Å². The summed E-state index contributed by atoms with van der Waals surface area (Å²) in [6.07, 6.45) is 6.10. The molecule has 1 aliphatic heterocycles. The number of aromatic nitrogens is 4. The van der Waals surface area contributed by atoms with Crippen LogP contribution in [0.1, 0.15) is 0 Å². The molecule has 0 saturated heterocycles. The van der Waals surface area contributed by atoms with E-state index >= 15 is 0 Å². The van der Waals surface area contributed by atoms with E-state index in [4.69, 9.17) is 9.97 Å². The summed E-state index contributed by atoms with van der Waals surface area (Å²) in [5.74, 6) is 0.936. The van der Waals surface area contributed by atoms with Gasteiger partial charge in [-0.2, -0.15) is 0 Å². The topological polar surface area (TPSA) is 42.1 Å². The van der Waals surface area contributed by atoms with Crippen molar-refractivity contribution in [2.24, 2.45) is 7.05 Å². The van der Waals surface area contributed by atoms with Crippen molar-refractivity contribution in [1.82, 2.24) is 24.0 Å². The molecule has 0 spiro atoms. The first-order valence-corrected chi connectivity index (χ1v) is 15.2. The number of pyridine rings is 1. The van der Waals surface area contributed by atoms with Gasteiger partial charge in [0.05, 0.1) is 23.2 Å². The van der Waals surface area contributed by atoms with Gasteiger partial charge >= 0.3 is 0 Å². The summed E-state index contributed by atoms with van der Waals surface area (Å²) in [7, 11) is 4.20. The van der Waals surface area contributed by atoms with Crippen LogP contribution >= 0.6 is 0 Å². The summed E-state index contributed by atoms with van der Waals surface area (Å²) in [6.45, 7) is 0.827. The minimum atomic E-state index is 0.827. The number of hydrogen-bond donors (Lipinski definition) is 0. The molecule has 9 rings (SSSR count). The van der Waals surface area contributed by atoms with Gasteiger partial charge in [-0.25, -0.2) is 9.97 Å². The van der Waals surface area contributed by atoms with Crippen LogP contribution in [0.15, 0.2) is 134 Å². The summed E-state index contributed by atoms with van der Waals surface area (Å²) in [6, 6.07) is 41.2. The van der Waals surface area contributed by atoms with Crippen molar-refractivity contribution >= 4 is 49.4 Å². The molecule has 0 saturated carbocycles. The minimum absolute atomic E-state index is 0.827. The van der Waals surface area contributed by atoms with Crippen molar-refractivity contribution in [1.29, 1.82) is 0 Å². The smallest absolute Gasteiger partial charge is 0.145 e. The van der Waals surface area contributed by atoms with Crippen LogP contribution in [0.5, 0.6) is 0 Å². The third kappa shape index (κ3) is 4.03. The van der Waals surface area contributed by atoms with Gasteiger partial charge in [0.25, 0.3) is 0 Å². The second-order valence-electron chi connectivity index (χ2n) is 11.9. The fourth-order valence-electron chi connectivity index (χ4n) is 6.84. The number of nitrogens with zero attached hydrogens (tertiary/aromatic N) is 6. The normalized spacial score (nSPS) is 13.3. The summed E-state index contributed by atoms with van der Waals surface area (Å²) >= 11 is 0. The van der Waals surface area contributed by atoms with Gasteiger partial charge < -0.3 is 14.4 Å². The summed E-state index contributed by atoms with van der Waals surface area (Å²) < 4.78 is 4.50. The van der Waals surface area contributed by atoms with E-state index in [-0.39, 0.29) is 0 Å². The average Bonchev–Trinajstić information content (AvgIpc) is 3.77. The zero-order valence-electron chi connectivity index (χ0n) is 25.1. The summed E-state index contributed by atoms with van der Waals surface area (Å²) in [5, 5.41) is 4.80. The van der Waals surface area contributed by atoms with Gasteiger partial charge in [0.1, 0.15) is 11.5 Å². The van der Waals surface area contributed by atoms with Crippen LogP contribution in [0, 0.1) is 0 Å². The van der Waals surface area contributed by atoms with Crippen LogP contribution in [0.25, 0.3) is 71.9 Å². The van der Waals surface area contributed by atoms with E-state index in [0.29, 0.717) is 0 Å². The Hall–Kier alpha value is -5.88. The molecule has 0 radical (unpaired) electrons. The van der Waals surface area contributed by atoms with Crippen molar-refractivity contribution in [2.45, 2.75) is 0 Å². The van der Waals surface area contributed by atoms with Gasteiger partial charge in [0.15, 0.2) is 0 Å². The quantitative estimate of drug-likeness (QED) is 0.208. The average molecular weight is 583 g/mol. The molecular weight excluding hydrogens is 552 g/mol. The Labute approximate surface area is 260 Å². The maximum absolute atomic E-state index is 5.14. The van der Waals surface area contributed by atoms with Gasteiger partial charge in [-0.05, 0) is 70.4 Å². The molecule has 6 nitrogen and oxygen atoms in total. The molecule has 0 aliphatic carbocycles. The van der Waals surface area contributed by atoms with E-state index in [1.807, 2.05) is 12.3 Å². The molecule has 8 aromatic rings. The second-order valence-corrected chi connectivity index (χ2v) is 11.9. The number of hydrogen-bond acceptors (Lipinski definition) is 4. The first kappa shape index (κ1) is 25.6. The highest BCUT2D eigenvalue weighted by atomic mass is 15.3. The highest BCUT2D eigenvalue weighted by Gasteiger charge is 2.18. The second kappa shape index (κ2) is 9.82. The predicted octanol–water partition coefficient (Wildman–Crippen LogP) is 8.73. The molecule has 45 heavy (non-hydrogen) atoms. The lowest BCUT2D eigenvalue weighted by Crippen LogP contribution is -2.21. The Morgan fingerprint density at radius 3 is 2.33 bits per heavy atom. The van der Waals surface area contributed by atoms with Gasteiger partial charge in [-0.1, -0.05) is 66.7 Å². The van der Waals surface area contributed by atoms with Gasteiger partial charge in [0.2, 0.25) is 0 Å². The van der Waals surface area contributed by atoms with Crippen molar-refractivity contribution in [2.75, 3.05) is 18.6 Å². The Morgan fingerprint density at radius 2 is 1.42 bits per heavy atom. The van der Waals surface area contributed by atoms with Crippen LogP contribution in [-0.4, -0.2) is 37.7 Å². The minimum Gasteiger partial charge on any atom is -0.361 e. The highest BCUT2D eigenvalue weighted by Crippen LogP contribution is 2.36. The standard InChI is InChI=1S/C39H30N6/c1-42-20-21-44(25-42)29-10-6-11-30(24-29)45-36-23-28(15-17-33(36)34-14-7-19-40-39(34)45)38-41-35-18-16-27(22-37(35)43(38)2)32-13-5-9-26-8-3-4-12-31(26)32/h3-24H,25H2,1-2H3. The number of rotatable bonds is 4.